The Hall–Kier alpha value is -2.96. The van der Waals surface area contributed by atoms with E-state index in [1.54, 1.807) is 36.5 Å². The number of nitrogens with zero attached hydrogens (tertiary/aromatic N) is 3. The molecule has 1 amide bonds. The number of carbonyl (C=O) groups is 1. The number of rotatable bonds is 8. The molecule has 0 saturated carbocycles. The van der Waals surface area contributed by atoms with E-state index in [0.29, 0.717) is 46.5 Å². The van der Waals surface area contributed by atoms with Crippen LogP contribution in [0.15, 0.2) is 60.8 Å². The van der Waals surface area contributed by atoms with Crippen molar-refractivity contribution in [2.45, 2.75) is 25.8 Å². The Morgan fingerprint density at radius 2 is 1.84 bits per heavy atom. The van der Waals surface area contributed by atoms with Gasteiger partial charge in [0.1, 0.15) is 11.6 Å². The zero-order chi connectivity index (χ0) is 22.5. The number of carbonyl (C=O) groups excluding carboxylic acids is 1. The lowest BCUT2D eigenvalue weighted by atomic mass is 10.1. The number of pyridine rings is 1. The molecule has 2 heterocycles. The van der Waals surface area contributed by atoms with Gasteiger partial charge < -0.3 is 9.88 Å². The molecular weight excluding hydrogens is 450 g/mol. The van der Waals surface area contributed by atoms with Gasteiger partial charge in [0.15, 0.2) is 0 Å². The lowest BCUT2D eigenvalue weighted by molar-refractivity contribution is -0.121. The van der Waals surface area contributed by atoms with Crippen LogP contribution in [0.4, 0.5) is 4.39 Å². The van der Waals surface area contributed by atoms with Gasteiger partial charge in [-0.2, -0.15) is 0 Å². The maximum Gasteiger partial charge on any atom is 0.221 e. The van der Waals surface area contributed by atoms with Crippen LogP contribution < -0.4 is 5.32 Å². The first kappa shape index (κ1) is 22.2. The summed E-state index contributed by atoms with van der Waals surface area (Å²) in [6.45, 7) is 0.887. The van der Waals surface area contributed by atoms with E-state index in [0.717, 1.165) is 11.2 Å². The maximum atomic E-state index is 14.2. The molecule has 32 heavy (non-hydrogen) atoms. The van der Waals surface area contributed by atoms with Crippen molar-refractivity contribution in [3.8, 4) is 0 Å². The fraction of sp³-hybridized carbons (Fsp3) is 0.208. The van der Waals surface area contributed by atoms with Crippen LogP contribution in [0.25, 0.3) is 11.0 Å². The van der Waals surface area contributed by atoms with Crippen LogP contribution in [-0.2, 0) is 24.2 Å². The molecule has 4 rings (SSSR count). The molecule has 2 aromatic heterocycles. The standard InChI is InChI=1S/C24H21Cl2FN4O/c25-18-14-21-22(15-19(18)26)31(23(30-21)13-16-5-1-2-7-20(16)27)12-9-24(32)29-11-8-17-6-3-4-10-28-17/h1-7,10,14-15H,8-9,11-13H2,(H,29,32). The molecule has 0 aliphatic heterocycles. The Bertz CT molecular complexity index is 1240. The smallest absolute Gasteiger partial charge is 0.221 e. The molecule has 0 radical (unpaired) electrons. The summed E-state index contributed by atoms with van der Waals surface area (Å²) in [5.41, 5.74) is 2.86. The van der Waals surface area contributed by atoms with Crippen LogP contribution in [0.1, 0.15) is 23.5 Å². The Morgan fingerprint density at radius 1 is 1.06 bits per heavy atom. The molecule has 0 aliphatic rings. The molecule has 0 unspecified atom stereocenters. The lowest BCUT2D eigenvalue weighted by Crippen LogP contribution is -2.27. The molecule has 0 fully saturated rings. The largest absolute Gasteiger partial charge is 0.356 e. The van der Waals surface area contributed by atoms with E-state index in [1.165, 1.54) is 6.07 Å². The van der Waals surface area contributed by atoms with Crippen molar-refractivity contribution in [2.75, 3.05) is 6.54 Å². The van der Waals surface area contributed by atoms with Gasteiger partial charge in [-0.05, 0) is 35.9 Å². The topological polar surface area (TPSA) is 59.8 Å². The normalized spacial score (nSPS) is 11.1. The van der Waals surface area contributed by atoms with Crippen molar-refractivity contribution in [3.63, 3.8) is 0 Å². The number of imidazole rings is 1. The molecular formula is C24H21Cl2FN4O. The number of hydrogen-bond donors (Lipinski definition) is 1. The summed E-state index contributed by atoms with van der Waals surface area (Å²) in [5, 5.41) is 3.72. The minimum Gasteiger partial charge on any atom is -0.356 e. The van der Waals surface area contributed by atoms with Gasteiger partial charge in [0.25, 0.3) is 0 Å². The third kappa shape index (κ3) is 5.26. The summed E-state index contributed by atoms with van der Waals surface area (Å²) < 4.78 is 16.1. The minimum absolute atomic E-state index is 0.0836. The summed E-state index contributed by atoms with van der Waals surface area (Å²) in [6.07, 6.45) is 2.93. The highest BCUT2D eigenvalue weighted by molar-refractivity contribution is 6.42. The molecule has 2 aromatic carbocycles. The number of amides is 1. The van der Waals surface area contributed by atoms with Crippen LogP contribution in [0.3, 0.4) is 0 Å². The summed E-state index contributed by atoms with van der Waals surface area (Å²) in [4.78, 5) is 21.3. The van der Waals surface area contributed by atoms with Crippen molar-refractivity contribution in [3.05, 3.63) is 93.7 Å². The molecule has 0 atom stereocenters. The van der Waals surface area contributed by atoms with Crippen LogP contribution in [0.2, 0.25) is 10.0 Å². The van der Waals surface area contributed by atoms with Crippen LogP contribution in [0.5, 0.6) is 0 Å². The third-order valence-corrected chi connectivity index (χ3v) is 5.89. The Morgan fingerprint density at radius 3 is 2.62 bits per heavy atom. The van der Waals surface area contributed by atoms with E-state index in [4.69, 9.17) is 23.2 Å². The van der Waals surface area contributed by atoms with E-state index in [9.17, 15) is 9.18 Å². The summed E-state index contributed by atoms with van der Waals surface area (Å²) in [7, 11) is 0. The maximum absolute atomic E-state index is 14.2. The predicted octanol–water partition coefficient (Wildman–Crippen LogP) is 5.22. The van der Waals surface area contributed by atoms with Gasteiger partial charge in [0.2, 0.25) is 5.91 Å². The molecule has 8 heteroatoms. The van der Waals surface area contributed by atoms with Gasteiger partial charge in [-0.1, -0.05) is 47.5 Å². The predicted molar refractivity (Wildman–Crippen MR) is 125 cm³/mol. The monoisotopic (exact) mass is 470 g/mol. The van der Waals surface area contributed by atoms with Crippen LogP contribution in [0, 0.1) is 5.82 Å². The minimum atomic E-state index is -0.297. The number of nitrogens with one attached hydrogen (secondary N) is 1. The van der Waals surface area contributed by atoms with Crippen molar-refractivity contribution in [2.24, 2.45) is 0 Å². The number of halogens is 3. The van der Waals surface area contributed by atoms with Crippen LogP contribution in [-0.4, -0.2) is 27.0 Å². The van der Waals surface area contributed by atoms with Gasteiger partial charge in [-0.25, -0.2) is 9.37 Å². The summed E-state index contributed by atoms with van der Waals surface area (Å²) >= 11 is 12.4. The van der Waals surface area contributed by atoms with Crippen molar-refractivity contribution < 1.29 is 9.18 Å². The second kappa shape index (κ2) is 10.1. The molecule has 0 bridgehead atoms. The highest BCUT2D eigenvalue weighted by Crippen LogP contribution is 2.29. The van der Waals surface area contributed by atoms with E-state index < -0.39 is 0 Å². The highest BCUT2D eigenvalue weighted by atomic mass is 35.5. The zero-order valence-electron chi connectivity index (χ0n) is 17.2. The molecule has 0 aliphatic carbocycles. The molecule has 164 valence electrons. The van der Waals surface area contributed by atoms with Crippen molar-refractivity contribution in [1.29, 1.82) is 0 Å². The lowest BCUT2D eigenvalue weighted by Gasteiger charge is -2.11. The molecule has 4 aromatic rings. The SMILES string of the molecule is O=C(CCn1c(Cc2ccccc2F)nc2cc(Cl)c(Cl)cc21)NCCc1ccccn1. The van der Waals surface area contributed by atoms with E-state index in [-0.39, 0.29) is 24.6 Å². The number of hydrogen-bond acceptors (Lipinski definition) is 3. The Balaban J connectivity index is 1.50. The molecule has 1 N–H and O–H groups in total. The second-order valence-corrected chi connectivity index (χ2v) is 8.19. The van der Waals surface area contributed by atoms with E-state index in [2.05, 4.69) is 15.3 Å². The van der Waals surface area contributed by atoms with Gasteiger partial charge in [-0.3, -0.25) is 9.78 Å². The first-order valence-corrected chi connectivity index (χ1v) is 11.0. The number of aryl methyl sites for hydroxylation is 1. The van der Waals surface area contributed by atoms with Crippen molar-refractivity contribution >= 4 is 40.1 Å². The number of aromatic nitrogens is 3. The number of fused-ring (bicyclic) bond motifs is 1. The van der Waals surface area contributed by atoms with Crippen LogP contribution >= 0.6 is 23.2 Å². The van der Waals surface area contributed by atoms with Gasteiger partial charge in [0.05, 0.1) is 21.1 Å². The first-order valence-electron chi connectivity index (χ1n) is 10.3. The molecule has 5 nitrogen and oxygen atoms in total. The van der Waals surface area contributed by atoms with Gasteiger partial charge >= 0.3 is 0 Å². The Labute approximate surface area is 195 Å². The highest BCUT2D eigenvalue weighted by Gasteiger charge is 2.16. The summed E-state index contributed by atoms with van der Waals surface area (Å²) in [5.74, 6) is 0.263. The fourth-order valence-electron chi connectivity index (χ4n) is 3.54. The van der Waals surface area contributed by atoms with E-state index >= 15 is 0 Å². The number of benzene rings is 2. The average molecular weight is 471 g/mol. The molecule has 0 saturated heterocycles. The van der Waals surface area contributed by atoms with Gasteiger partial charge in [-0.15, -0.1) is 0 Å². The first-order chi connectivity index (χ1) is 15.5. The summed E-state index contributed by atoms with van der Waals surface area (Å²) in [6, 6.07) is 15.7. The average Bonchev–Trinajstić information content (AvgIpc) is 3.10. The van der Waals surface area contributed by atoms with Crippen molar-refractivity contribution in [1.82, 2.24) is 19.9 Å². The Kier molecular flexibility index (Phi) is 7.02. The van der Waals surface area contributed by atoms with Gasteiger partial charge in [0, 0.05) is 44.2 Å². The quantitative estimate of drug-likeness (QED) is 0.384. The van der Waals surface area contributed by atoms with E-state index in [1.807, 2.05) is 22.8 Å². The zero-order valence-corrected chi connectivity index (χ0v) is 18.7. The molecule has 0 spiro atoms. The second-order valence-electron chi connectivity index (χ2n) is 7.37. The fourth-order valence-corrected chi connectivity index (χ4v) is 3.86. The third-order valence-electron chi connectivity index (χ3n) is 5.17.